The van der Waals surface area contributed by atoms with E-state index in [0.717, 1.165) is 39.7 Å². The molecule has 0 N–H and O–H groups in total. The summed E-state index contributed by atoms with van der Waals surface area (Å²) in [4.78, 5) is 0. The van der Waals surface area contributed by atoms with Gasteiger partial charge in [0.05, 0.1) is 23.8 Å². The van der Waals surface area contributed by atoms with Crippen LogP contribution in [-0.2, 0) is 10.1 Å². The average molecular weight is 394 g/mol. The molecule has 0 aromatic heterocycles. The first kappa shape index (κ1) is 15.1. The number of hydrogen-bond acceptors (Lipinski definition) is 3. The number of methoxy groups -OCH3 is 1. The van der Waals surface area contributed by atoms with Crippen LogP contribution in [0.2, 0.25) is 0 Å². The van der Waals surface area contributed by atoms with Crippen LogP contribution in [0.15, 0.2) is 16.6 Å². The van der Waals surface area contributed by atoms with Crippen molar-refractivity contribution in [2.24, 2.45) is 0 Å². The molecule has 3 nitrogen and oxygen atoms in total. The van der Waals surface area contributed by atoms with Crippen molar-refractivity contribution in [1.82, 2.24) is 0 Å². The van der Waals surface area contributed by atoms with Crippen LogP contribution in [0.5, 0.6) is 11.5 Å². The predicted molar refractivity (Wildman–Crippen MR) is 82.4 cm³/mol. The Hall–Kier alpha value is -0.260. The van der Waals surface area contributed by atoms with Crippen molar-refractivity contribution in [1.29, 1.82) is 0 Å². The lowest BCUT2D eigenvalue weighted by atomic mass is 10.2. The molecule has 1 heterocycles. The van der Waals surface area contributed by atoms with Gasteiger partial charge in [-0.1, -0.05) is 15.9 Å². The summed E-state index contributed by atoms with van der Waals surface area (Å²) in [6, 6.07) is 4.01. The van der Waals surface area contributed by atoms with Crippen LogP contribution in [0, 0.1) is 0 Å². The Labute approximate surface area is 130 Å². The van der Waals surface area contributed by atoms with Crippen LogP contribution in [0.25, 0.3) is 0 Å². The number of hydrogen-bond donors (Lipinski definition) is 0. The topological polar surface area (TPSA) is 27.7 Å². The van der Waals surface area contributed by atoms with Gasteiger partial charge in [0.25, 0.3) is 0 Å². The summed E-state index contributed by atoms with van der Waals surface area (Å²) < 4.78 is 17.9. The summed E-state index contributed by atoms with van der Waals surface area (Å²) in [6.07, 6.45) is 2.69. The zero-order valence-electron chi connectivity index (χ0n) is 11.1. The van der Waals surface area contributed by atoms with Crippen LogP contribution < -0.4 is 9.47 Å². The summed E-state index contributed by atoms with van der Waals surface area (Å²) in [6.45, 7) is 2.66. The van der Waals surface area contributed by atoms with E-state index in [1.807, 2.05) is 12.1 Å². The second-order valence-electron chi connectivity index (χ2n) is 4.70. The summed E-state index contributed by atoms with van der Waals surface area (Å²) in [5, 5.41) is 0.783. The van der Waals surface area contributed by atoms with Gasteiger partial charge >= 0.3 is 0 Å². The third-order valence-electron chi connectivity index (χ3n) is 3.18. The standard InChI is InChI=1S/C14H18Br2O3/c1-9-3-4-11(19-9)8-18-14-12(16)5-10(7-15)6-13(14)17-2/h5-6,9,11H,3-4,7-8H2,1-2H3. The highest BCUT2D eigenvalue weighted by atomic mass is 79.9. The fourth-order valence-corrected chi connectivity index (χ4v) is 3.10. The van der Waals surface area contributed by atoms with E-state index < -0.39 is 0 Å². The largest absolute Gasteiger partial charge is 0.493 e. The van der Waals surface area contributed by atoms with E-state index in [0.29, 0.717) is 12.7 Å². The molecule has 0 spiro atoms. The summed E-state index contributed by atoms with van der Waals surface area (Å²) >= 11 is 6.98. The molecule has 106 valence electrons. The Morgan fingerprint density at radius 3 is 2.74 bits per heavy atom. The maximum atomic E-state index is 5.88. The maximum absolute atomic E-state index is 5.88. The maximum Gasteiger partial charge on any atom is 0.175 e. The monoisotopic (exact) mass is 392 g/mol. The predicted octanol–water partition coefficient (Wildman–Crippen LogP) is 4.30. The molecule has 2 unspecified atom stereocenters. The van der Waals surface area contributed by atoms with E-state index in [-0.39, 0.29) is 6.10 Å². The van der Waals surface area contributed by atoms with Gasteiger partial charge in [-0.2, -0.15) is 0 Å². The molecular formula is C14H18Br2O3. The molecule has 1 aliphatic heterocycles. The fraction of sp³-hybridized carbons (Fsp3) is 0.571. The molecule has 0 aliphatic carbocycles. The molecule has 0 bridgehead atoms. The first-order valence-electron chi connectivity index (χ1n) is 6.34. The molecule has 0 saturated carbocycles. The molecule has 1 saturated heterocycles. The van der Waals surface area contributed by atoms with Crippen molar-refractivity contribution >= 4 is 31.9 Å². The quantitative estimate of drug-likeness (QED) is 0.698. The van der Waals surface area contributed by atoms with Gasteiger partial charge in [-0.25, -0.2) is 0 Å². The van der Waals surface area contributed by atoms with Gasteiger partial charge in [0.2, 0.25) is 0 Å². The van der Waals surface area contributed by atoms with Crippen molar-refractivity contribution in [3.05, 3.63) is 22.2 Å². The van der Waals surface area contributed by atoms with Gasteiger partial charge in [-0.15, -0.1) is 0 Å². The van der Waals surface area contributed by atoms with E-state index >= 15 is 0 Å². The molecule has 0 amide bonds. The molecule has 1 aromatic carbocycles. The van der Waals surface area contributed by atoms with Crippen LogP contribution in [0.1, 0.15) is 25.3 Å². The minimum absolute atomic E-state index is 0.183. The number of halogens is 2. The molecule has 1 fully saturated rings. The molecule has 19 heavy (non-hydrogen) atoms. The molecule has 2 rings (SSSR count). The number of benzene rings is 1. The molecule has 0 radical (unpaired) electrons. The minimum atomic E-state index is 0.183. The van der Waals surface area contributed by atoms with Crippen LogP contribution in [0.4, 0.5) is 0 Å². The first-order chi connectivity index (χ1) is 9.13. The van der Waals surface area contributed by atoms with Gasteiger partial charge < -0.3 is 14.2 Å². The molecule has 1 aliphatic rings. The normalized spacial score (nSPS) is 22.5. The Kier molecular flexibility index (Phi) is 5.54. The highest BCUT2D eigenvalue weighted by molar-refractivity contribution is 9.10. The van der Waals surface area contributed by atoms with Gasteiger partial charge in [-0.3, -0.25) is 0 Å². The van der Waals surface area contributed by atoms with Crippen molar-refractivity contribution in [2.45, 2.75) is 37.3 Å². The Balaban J connectivity index is 2.06. The molecular weight excluding hydrogens is 376 g/mol. The lowest BCUT2D eigenvalue weighted by Crippen LogP contribution is -2.18. The van der Waals surface area contributed by atoms with Crippen LogP contribution >= 0.6 is 31.9 Å². The molecule has 1 aromatic rings. The minimum Gasteiger partial charge on any atom is -0.493 e. The van der Waals surface area contributed by atoms with E-state index in [2.05, 4.69) is 38.8 Å². The lowest BCUT2D eigenvalue weighted by Gasteiger charge is -2.16. The van der Waals surface area contributed by atoms with E-state index in [1.54, 1.807) is 7.11 Å². The second kappa shape index (κ2) is 6.95. The Bertz CT molecular complexity index is 437. The first-order valence-corrected chi connectivity index (χ1v) is 8.26. The van der Waals surface area contributed by atoms with Gasteiger partial charge in [-0.05, 0) is 53.4 Å². The van der Waals surface area contributed by atoms with Crippen molar-refractivity contribution < 1.29 is 14.2 Å². The molecule has 5 heteroatoms. The van der Waals surface area contributed by atoms with Crippen LogP contribution in [-0.4, -0.2) is 25.9 Å². The molecule has 2 atom stereocenters. The van der Waals surface area contributed by atoms with Gasteiger partial charge in [0.1, 0.15) is 6.61 Å². The second-order valence-corrected chi connectivity index (χ2v) is 6.11. The van der Waals surface area contributed by atoms with Crippen molar-refractivity contribution in [3.63, 3.8) is 0 Å². The Morgan fingerprint density at radius 2 is 2.16 bits per heavy atom. The smallest absolute Gasteiger partial charge is 0.175 e. The fourth-order valence-electron chi connectivity index (χ4n) is 2.17. The number of rotatable bonds is 5. The highest BCUT2D eigenvalue weighted by Gasteiger charge is 2.23. The van der Waals surface area contributed by atoms with Crippen molar-refractivity contribution in [2.75, 3.05) is 13.7 Å². The van der Waals surface area contributed by atoms with E-state index in [9.17, 15) is 0 Å². The number of alkyl halides is 1. The highest BCUT2D eigenvalue weighted by Crippen LogP contribution is 2.37. The van der Waals surface area contributed by atoms with Gasteiger partial charge in [0.15, 0.2) is 11.5 Å². The van der Waals surface area contributed by atoms with Crippen molar-refractivity contribution in [3.8, 4) is 11.5 Å². The average Bonchev–Trinajstić information content (AvgIpc) is 2.82. The zero-order chi connectivity index (χ0) is 13.8. The summed E-state index contributed by atoms with van der Waals surface area (Å²) in [5.74, 6) is 1.49. The van der Waals surface area contributed by atoms with Crippen LogP contribution in [0.3, 0.4) is 0 Å². The van der Waals surface area contributed by atoms with E-state index in [4.69, 9.17) is 14.2 Å². The SMILES string of the molecule is COc1cc(CBr)cc(Br)c1OCC1CCC(C)O1. The van der Waals surface area contributed by atoms with E-state index in [1.165, 1.54) is 0 Å². The summed E-state index contributed by atoms with van der Waals surface area (Å²) in [7, 11) is 1.65. The zero-order valence-corrected chi connectivity index (χ0v) is 14.3. The number of ether oxygens (including phenoxy) is 3. The van der Waals surface area contributed by atoms with Gasteiger partial charge in [0, 0.05) is 5.33 Å². The summed E-state index contributed by atoms with van der Waals surface area (Å²) in [5.41, 5.74) is 1.14. The third kappa shape index (κ3) is 3.86. The Morgan fingerprint density at radius 1 is 1.37 bits per heavy atom. The lowest BCUT2D eigenvalue weighted by molar-refractivity contribution is 0.0257. The third-order valence-corrected chi connectivity index (χ3v) is 4.41.